The Morgan fingerprint density at radius 2 is 1.06 bits per heavy atom. The van der Waals surface area contributed by atoms with Gasteiger partial charge in [-0.15, -0.1) is 0 Å². The van der Waals surface area contributed by atoms with Gasteiger partial charge in [-0.1, -0.05) is 115 Å². The van der Waals surface area contributed by atoms with Crippen LogP contribution in [0.2, 0.25) is 0 Å². The van der Waals surface area contributed by atoms with E-state index in [-0.39, 0.29) is 5.41 Å². The van der Waals surface area contributed by atoms with Crippen molar-refractivity contribution in [3.63, 3.8) is 0 Å². The minimum Gasteiger partial charge on any atom is -0.256 e. The number of benzene rings is 6. The van der Waals surface area contributed by atoms with Crippen molar-refractivity contribution in [2.45, 2.75) is 12.3 Å². The van der Waals surface area contributed by atoms with E-state index >= 15 is 0 Å². The van der Waals surface area contributed by atoms with E-state index in [1.54, 1.807) is 0 Å². The van der Waals surface area contributed by atoms with Gasteiger partial charge in [-0.2, -0.15) is 0 Å². The summed E-state index contributed by atoms with van der Waals surface area (Å²) in [5.41, 5.74) is 17.3. The molecule has 3 aliphatic carbocycles. The van der Waals surface area contributed by atoms with Crippen molar-refractivity contribution in [3.8, 4) is 78.5 Å². The lowest BCUT2D eigenvalue weighted by Crippen LogP contribution is -2.22. The van der Waals surface area contributed by atoms with Crippen LogP contribution in [0, 0.1) is 0 Å². The van der Waals surface area contributed by atoms with Gasteiger partial charge in [0.05, 0.1) is 17.1 Å². The monoisotopic (exact) mass is 637 g/mol. The van der Waals surface area contributed by atoms with Crippen LogP contribution in [0.1, 0.15) is 23.6 Å². The maximum Gasteiger partial charge on any atom is 0.160 e. The Morgan fingerprint density at radius 1 is 0.400 bits per heavy atom. The zero-order valence-corrected chi connectivity index (χ0v) is 27.5. The number of hydrogen-bond acceptors (Lipinski definition) is 3. The Hall–Kier alpha value is -6.45. The van der Waals surface area contributed by atoms with E-state index in [9.17, 15) is 0 Å². The van der Waals surface area contributed by atoms with Crippen molar-refractivity contribution >= 4 is 0 Å². The summed E-state index contributed by atoms with van der Waals surface area (Å²) in [4.78, 5) is 15.5. The van der Waals surface area contributed by atoms with Crippen molar-refractivity contribution in [2.75, 3.05) is 0 Å². The quantitative estimate of drug-likeness (QED) is 0.189. The van der Waals surface area contributed by atoms with Gasteiger partial charge in [0.1, 0.15) is 0 Å². The first-order valence-corrected chi connectivity index (χ1v) is 17.1. The molecule has 0 spiro atoms. The molecule has 0 fully saturated rings. The molecule has 0 saturated carbocycles. The Balaban J connectivity index is 1.34. The Labute approximate surface area is 291 Å². The van der Waals surface area contributed by atoms with E-state index in [4.69, 9.17) is 15.0 Å². The SMILES string of the molecule is CC12c3cccc(c3)-c3cc(-c4ccccc4)cc(c3)-c3cc(nc(-c4ccccc4)n3)-c3cccnc3-c3ccc1c(c3)-c1ccccc12. The smallest absolute Gasteiger partial charge is 0.160 e. The molecule has 1 unspecified atom stereocenters. The van der Waals surface area contributed by atoms with Crippen LogP contribution in [-0.4, -0.2) is 15.0 Å². The molecular weight excluding hydrogens is 607 g/mol. The highest BCUT2D eigenvalue weighted by Gasteiger charge is 2.41. The summed E-state index contributed by atoms with van der Waals surface area (Å²) in [6, 6.07) is 58.9. The highest BCUT2D eigenvalue weighted by molar-refractivity contribution is 5.90. The third-order valence-electron chi connectivity index (χ3n) is 10.5. The lowest BCUT2D eigenvalue weighted by atomic mass is 9.73. The lowest BCUT2D eigenvalue weighted by molar-refractivity contribution is 0.714. The molecule has 1 atom stereocenters. The summed E-state index contributed by atoms with van der Waals surface area (Å²) in [5.74, 6) is 0.682. The van der Waals surface area contributed by atoms with Gasteiger partial charge in [-0.3, -0.25) is 4.98 Å². The fraction of sp³-hybridized carbons (Fsp3) is 0.0426. The summed E-state index contributed by atoms with van der Waals surface area (Å²) in [5, 5.41) is 0. The van der Waals surface area contributed by atoms with Gasteiger partial charge >= 0.3 is 0 Å². The molecule has 2 heterocycles. The first-order valence-electron chi connectivity index (χ1n) is 17.1. The second-order valence-corrected chi connectivity index (χ2v) is 13.4. The first kappa shape index (κ1) is 28.6. The van der Waals surface area contributed by atoms with Gasteiger partial charge in [-0.25, -0.2) is 9.97 Å². The fourth-order valence-electron chi connectivity index (χ4n) is 8.00. The molecule has 10 bridgehead atoms. The van der Waals surface area contributed by atoms with Gasteiger partial charge in [0, 0.05) is 33.9 Å². The first-order chi connectivity index (χ1) is 24.6. The second kappa shape index (κ2) is 11.0. The van der Waals surface area contributed by atoms with Crippen molar-refractivity contribution < 1.29 is 0 Å². The minimum atomic E-state index is -0.331. The zero-order chi connectivity index (χ0) is 33.2. The van der Waals surface area contributed by atoms with Gasteiger partial charge < -0.3 is 0 Å². The highest BCUT2D eigenvalue weighted by Crippen LogP contribution is 2.54. The van der Waals surface area contributed by atoms with Crippen LogP contribution in [0.15, 0.2) is 170 Å². The summed E-state index contributed by atoms with van der Waals surface area (Å²) in [7, 11) is 0. The van der Waals surface area contributed by atoms with Crippen LogP contribution >= 0.6 is 0 Å². The predicted octanol–water partition coefficient (Wildman–Crippen LogP) is 11.5. The van der Waals surface area contributed by atoms with E-state index in [1.807, 2.05) is 30.5 Å². The normalized spacial score (nSPS) is 15.0. The van der Waals surface area contributed by atoms with E-state index < -0.39 is 0 Å². The van der Waals surface area contributed by atoms with Crippen LogP contribution in [0.25, 0.3) is 78.5 Å². The van der Waals surface area contributed by atoms with Crippen molar-refractivity contribution in [1.29, 1.82) is 0 Å². The predicted molar refractivity (Wildman–Crippen MR) is 203 cm³/mol. The van der Waals surface area contributed by atoms with Crippen LogP contribution in [0.3, 0.4) is 0 Å². The van der Waals surface area contributed by atoms with Gasteiger partial charge in [0.15, 0.2) is 5.82 Å². The number of hydrogen-bond donors (Lipinski definition) is 0. The van der Waals surface area contributed by atoms with Crippen LogP contribution < -0.4 is 0 Å². The minimum absolute atomic E-state index is 0.331. The Morgan fingerprint density at radius 3 is 1.90 bits per heavy atom. The van der Waals surface area contributed by atoms with Crippen molar-refractivity contribution in [2.24, 2.45) is 0 Å². The number of pyridine rings is 1. The van der Waals surface area contributed by atoms with Crippen LogP contribution in [0.4, 0.5) is 0 Å². The molecule has 3 heteroatoms. The molecule has 6 aromatic carbocycles. The average molecular weight is 638 g/mol. The van der Waals surface area contributed by atoms with Crippen molar-refractivity contribution in [1.82, 2.24) is 15.0 Å². The number of nitrogens with zero attached hydrogens (tertiary/aromatic N) is 3. The van der Waals surface area contributed by atoms with Crippen molar-refractivity contribution in [3.05, 3.63) is 187 Å². The molecule has 234 valence electrons. The molecule has 8 aromatic rings. The maximum absolute atomic E-state index is 5.24. The molecule has 0 amide bonds. The zero-order valence-electron chi connectivity index (χ0n) is 27.5. The third kappa shape index (κ3) is 4.40. The summed E-state index contributed by atoms with van der Waals surface area (Å²) in [6.45, 7) is 2.38. The highest BCUT2D eigenvalue weighted by atomic mass is 14.9. The van der Waals surface area contributed by atoms with E-state index in [2.05, 4.69) is 146 Å². The third-order valence-corrected chi connectivity index (χ3v) is 10.5. The number of aromatic nitrogens is 3. The molecule has 0 N–H and O–H groups in total. The van der Waals surface area contributed by atoms with Gasteiger partial charge in [0.25, 0.3) is 0 Å². The van der Waals surface area contributed by atoms with Gasteiger partial charge in [0.2, 0.25) is 0 Å². The van der Waals surface area contributed by atoms with E-state index in [0.717, 1.165) is 56.0 Å². The molecule has 0 saturated heterocycles. The second-order valence-electron chi connectivity index (χ2n) is 13.4. The molecular formula is C47H31N3. The molecule has 11 rings (SSSR count). The van der Waals surface area contributed by atoms with Gasteiger partial charge in [-0.05, 0) is 106 Å². The topological polar surface area (TPSA) is 38.7 Å². The van der Waals surface area contributed by atoms with Crippen LogP contribution in [-0.2, 0) is 5.41 Å². The van der Waals surface area contributed by atoms with E-state index in [0.29, 0.717) is 5.82 Å². The largest absolute Gasteiger partial charge is 0.256 e. The number of rotatable bonds is 2. The van der Waals surface area contributed by atoms with Crippen LogP contribution in [0.5, 0.6) is 0 Å². The molecule has 3 aliphatic rings. The maximum atomic E-state index is 5.24. The molecule has 2 aromatic heterocycles. The Kier molecular flexibility index (Phi) is 6.31. The summed E-state index contributed by atoms with van der Waals surface area (Å²) < 4.78 is 0. The average Bonchev–Trinajstić information content (AvgIpc) is 3.46. The fourth-order valence-corrected chi connectivity index (χ4v) is 8.00. The molecule has 0 radical (unpaired) electrons. The summed E-state index contributed by atoms with van der Waals surface area (Å²) >= 11 is 0. The molecule has 3 nitrogen and oxygen atoms in total. The molecule has 0 aliphatic heterocycles. The van der Waals surface area contributed by atoms with E-state index in [1.165, 1.54) is 33.4 Å². The summed E-state index contributed by atoms with van der Waals surface area (Å²) in [6.07, 6.45) is 1.88. The Bertz CT molecular complexity index is 2610. The number of fused-ring (bicyclic) bond motifs is 2. The molecule has 50 heavy (non-hydrogen) atoms. The standard InChI is InChI=1S/C47H31N3/c1-47-37-17-10-16-32(27-37)35-24-34(30-12-4-2-5-13-30)25-36(26-35)43-29-44(50-46(49-43)31-14-6-3-7-15-31)39-19-11-23-48-45(39)33-21-22-42(47)40(28-33)38-18-8-9-20-41(38)47/h2-29H,1H3. The lowest BCUT2D eigenvalue weighted by Gasteiger charge is -2.29.